The summed E-state index contributed by atoms with van der Waals surface area (Å²) in [6, 6.07) is 12.3. The predicted octanol–water partition coefficient (Wildman–Crippen LogP) is 6.36. The summed E-state index contributed by atoms with van der Waals surface area (Å²) in [6.45, 7) is 12.2. The molecule has 0 saturated heterocycles. The molecule has 0 bridgehead atoms. The molecule has 0 radical (unpaired) electrons. The van der Waals surface area contributed by atoms with Crippen LogP contribution in [-0.2, 0) is 13.2 Å². The lowest BCUT2D eigenvalue weighted by Gasteiger charge is -2.33. The van der Waals surface area contributed by atoms with Gasteiger partial charge in [0.1, 0.15) is 18.2 Å². The van der Waals surface area contributed by atoms with E-state index in [1.54, 1.807) is 6.07 Å². The number of hydrogen-bond donors (Lipinski definition) is 1. The summed E-state index contributed by atoms with van der Waals surface area (Å²) in [6.07, 6.45) is 1.06. The smallest absolute Gasteiger partial charge is 0.124 e. The summed E-state index contributed by atoms with van der Waals surface area (Å²) < 4.78 is 19.1. The molecule has 26 heavy (non-hydrogen) atoms. The molecule has 0 saturated carbocycles. The maximum absolute atomic E-state index is 13.2. The van der Waals surface area contributed by atoms with Gasteiger partial charge in [-0.25, -0.2) is 4.39 Å². The van der Waals surface area contributed by atoms with E-state index in [1.807, 2.05) is 18.2 Å². The molecule has 0 spiro atoms. The molecule has 0 aliphatic carbocycles. The van der Waals surface area contributed by atoms with Crippen LogP contribution in [0.5, 0.6) is 5.75 Å². The van der Waals surface area contributed by atoms with Crippen molar-refractivity contribution in [1.82, 2.24) is 5.32 Å². The van der Waals surface area contributed by atoms with E-state index in [2.05, 4.69) is 46.0 Å². The van der Waals surface area contributed by atoms with Crippen molar-refractivity contribution in [2.75, 3.05) is 0 Å². The fourth-order valence-electron chi connectivity index (χ4n) is 3.31. The zero-order chi connectivity index (χ0) is 19.4. The van der Waals surface area contributed by atoms with Crippen molar-refractivity contribution in [3.63, 3.8) is 0 Å². The molecule has 2 rings (SSSR count). The molecule has 2 nitrogen and oxygen atoms in total. The molecule has 0 amide bonds. The van der Waals surface area contributed by atoms with Crippen molar-refractivity contribution in [2.45, 2.75) is 59.7 Å². The molecule has 2 aromatic rings. The van der Waals surface area contributed by atoms with Crippen molar-refractivity contribution < 1.29 is 9.13 Å². The fraction of sp³-hybridized carbons (Fsp3) is 0.455. The van der Waals surface area contributed by atoms with Crippen LogP contribution in [0.15, 0.2) is 42.5 Å². The van der Waals surface area contributed by atoms with Crippen molar-refractivity contribution in [1.29, 1.82) is 0 Å². The van der Waals surface area contributed by atoms with Crippen LogP contribution in [0.3, 0.4) is 0 Å². The second-order valence-corrected chi connectivity index (χ2v) is 9.01. The summed E-state index contributed by atoms with van der Waals surface area (Å²) >= 11 is 6.09. The highest BCUT2D eigenvalue weighted by molar-refractivity contribution is 6.31. The first-order valence-corrected chi connectivity index (χ1v) is 9.33. The van der Waals surface area contributed by atoms with Crippen molar-refractivity contribution in [2.24, 2.45) is 5.41 Å². The molecule has 0 aliphatic rings. The maximum Gasteiger partial charge on any atom is 0.124 e. The van der Waals surface area contributed by atoms with E-state index in [9.17, 15) is 4.39 Å². The molecule has 4 heteroatoms. The molecule has 1 N–H and O–H groups in total. The number of rotatable bonds is 7. The summed E-state index contributed by atoms with van der Waals surface area (Å²) in [5, 5.41) is 4.02. The van der Waals surface area contributed by atoms with E-state index in [1.165, 1.54) is 12.1 Å². The lowest BCUT2D eigenvalue weighted by atomic mass is 9.82. The third-order valence-corrected chi connectivity index (χ3v) is 4.45. The Hall–Kier alpha value is -1.58. The van der Waals surface area contributed by atoms with Crippen LogP contribution in [0.1, 0.15) is 52.2 Å². The molecule has 0 atom stereocenters. The monoisotopic (exact) mass is 377 g/mol. The largest absolute Gasteiger partial charge is 0.489 e. The van der Waals surface area contributed by atoms with Crippen molar-refractivity contribution in [3.05, 3.63) is 64.4 Å². The van der Waals surface area contributed by atoms with Gasteiger partial charge in [0.05, 0.1) is 5.02 Å². The SMILES string of the molecule is CC(C)(C)CC(C)(C)NCc1ccccc1OCc1ccc(F)cc1Cl. The molecule has 142 valence electrons. The zero-order valence-corrected chi connectivity index (χ0v) is 17.1. The normalized spacial score (nSPS) is 12.3. The molecule has 2 aromatic carbocycles. The molecule has 0 aliphatic heterocycles. The number of nitrogens with one attached hydrogen (secondary N) is 1. The second kappa shape index (κ2) is 8.41. The van der Waals surface area contributed by atoms with Gasteiger partial charge in [-0.05, 0) is 43.9 Å². The first-order chi connectivity index (χ1) is 12.1. The van der Waals surface area contributed by atoms with Gasteiger partial charge >= 0.3 is 0 Å². The Morgan fingerprint density at radius 1 is 1.00 bits per heavy atom. The van der Waals surface area contributed by atoms with Crippen LogP contribution in [0.25, 0.3) is 0 Å². The first kappa shape index (κ1) is 20.7. The summed E-state index contributed by atoms with van der Waals surface area (Å²) in [4.78, 5) is 0. The number of halogens is 2. The lowest BCUT2D eigenvalue weighted by Crippen LogP contribution is -2.41. The van der Waals surface area contributed by atoms with E-state index < -0.39 is 0 Å². The van der Waals surface area contributed by atoms with Gasteiger partial charge in [0.15, 0.2) is 0 Å². The van der Waals surface area contributed by atoms with E-state index in [4.69, 9.17) is 16.3 Å². The maximum atomic E-state index is 13.2. The predicted molar refractivity (Wildman–Crippen MR) is 107 cm³/mol. The Kier molecular flexibility index (Phi) is 6.70. The Bertz CT molecular complexity index is 737. The van der Waals surface area contributed by atoms with Crippen molar-refractivity contribution in [3.8, 4) is 5.75 Å². The van der Waals surface area contributed by atoms with Gasteiger partial charge in [-0.1, -0.05) is 56.6 Å². The second-order valence-electron chi connectivity index (χ2n) is 8.61. The number of ether oxygens (including phenoxy) is 1. The average molecular weight is 378 g/mol. The van der Waals surface area contributed by atoms with E-state index in [0.717, 1.165) is 29.8 Å². The van der Waals surface area contributed by atoms with Crippen LogP contribution in [-0.4, -0.2) is 5.54 Å². The zero-order valence-electron chi connectivity index (χ0n) is 16.3. The Balaban J connectivity index is 2.03. The number of benzene rings is 2. The highest BCUT2D eigenvalue weighted by Crippen LogP contribution is 2.28. The molecule has 0 unspecified atom stereocenters. The standard InChI is InChI=1S/C22H29ClFNO/c1-21(2,3)15-22(4,5)25-13-16-8-6-7-9-20(16)26-14-17-10-11-18(24)12-19(17)23/h6-12,25H,13-15H2,1-5H3. The lowest BCUT2D eigenvalue weighted by molar-refractivity contribution is 0.238. The Morgan fingerprint density at radius 2 is 1.69 bits per heavy atom. The summed E-state index contributed by atoms with van der Waals surface area (Å²) in [7, 11) is 0. The third kappa shape index (κ3) is 6.62. The minimum atomic E-state index is -0.343. The molecular formula is C22H29ClFNO. The quantitative estimate of drug-likeness (QED) is 0.605. The van der Waals surface area contributed by atoms with Crippen molar-refractivity contribution >= 4 is 11.6 Å². The highest BCUT2D eigenvalue weighted by atomic mass is 35.5. The van der Waals surface area contributed by atoms with Crippen LogP contribution in [0.2, 0.25) is 5.02 Å². The third-order valence-electron chi connectivity index (χ3n) is 4.10. The average Bonchev–Trinajstić information content (AvgIpc) is 2.51. The van der Waals surface area contributed by atoms with E-state index >= 15 is 0 Å². The number of para-hydroxylation sites is 1. The minimum absolute atomic E-state index is 0.0195. The van der Waals surface area contributed by atoms with Crippen LogP contribution in [0, 0.1) is 11.2 Å². The van der Waals surface area contributed by atoms with Gasteiger partial charge in [0.25, 0.3) is 0 Å². The first-order valence-electron chi connectivity index (χ1n) is 8.95. The minimum Gasteiger partial charge on any atom is -0.489 e. The summed E-state index contributed by atoms with van der Waals surface area (Å²) in [5.41, 5.74) is 2.13. The van der Waals surface area contributed by atoms with Gasteiger partial charge in [0, 0.05) is 23.2 Å². The van der Waals surface area contributed by atoms with Gasteiger partial charge in [-0.3, -0.25) is 0 Å². The van der Waals surface area contributed by atoms with E-state index in [-0.39, 0.29) is 16.8 Å². The van der Waals surface area contributed by atoms with Crippen LogP contribution >= 0.6 is 11.6 Å². The highest BCUT2D eigenvalue weighted by Gasteiger charge is 2.25. The van der Waals surface area contributed by atoms with E-state index in [0.29, 0.717) is 11.6 Å². The van der Waals surface area contributed by atoms with Crippen LogP contribution < -0.4 is 10.1 Å². The van der Waals surface area contributed by atoms with Gasteiger partial charge < -0.3 is 10.1 Å². The molecule has 0 heterocycles. The Morgan fingerprint density at radius 3 is 2.35 bits per heavy atom. The molecular weight excluding hydrogens is 349 g/mol. The van der Waals surface area contributed by atoms with Gasteiger partial charge in [-0.15, -0.1) is 0 Å². The molecule has 0 fully saturated rings. The Labute approximate surface area is 161 Å². The fourth-order valence-corrected chi connectivity index (χ4v) is 3.53. The summed E-state index contributed by atoms with van der Waals surface area (Å²) in [5.74, 6) is 0.469. The van der Waals surface area contributed by atoms with Gasteiger partial charge in [0.2, 0.25) is 0 Å². The molecule has 0 aromatic heterocycles. The van der Waals surface area contributed by atoms with Crippen LogP contribution in [0.4, 0.5) is 4.39 Å². The number of hydrogen-bond acceptors (Lipinski definition) is 2. The topological polar surface area (TPSA) is 21.3 Å². The van der Waals surface area contributed by atoms with Gasteiger partial charge in [-0.2, -0.15) is 0 Å².